The number of hydrogen-bond donors (Lipinski definition) is 1. The van der Waals surface area contributed by atoms with Gasteiger partial charge in [-0.1, -0.05) is 11.6 Å². The van der Waals surface area contributed by atoms with Gasteiger partial charge in [0.15, 0.2) is 0 Å². The van der Waals surface area contributed by atoms with Gasteiger partial charge in [-0.05, 0) is 36.4 Å². The molecule has 0 aliphatic heterocycles. The summed E-state index contributed by atoms with van der Waals surface area (Å²) in [7, 11) is 1.62. The fraction of sp³-hybridized carbons (Fsp3) is 0.0769. The maximum Gasteiger partial charge on any atom is 0.149 e. The van der Waals surface area contributed by atoms with Gasteiger partial charge in [0.2, 0.25) is 0 Å². The summed E-state index contributed by atoms with van der Waals surface area (Å²) in [5.74, 6) is 1.37. The maximum atomic E-state index is 8.75. The zero-order chi connectivity index (χ0) is 13.0. The molecule has 0 saturated heterocycles. The topological polar surface area (TPSA) is 57.9 Å². The number of benzene rings is 1. The molecule has 1 N–H and O–H groups in total. The summed E-state index contributed by atoms with van der Waals surface area (Å²) in [6.07, 6.45) is 0. The number of hydrogen-bond acceptors (Lipinski definition) is 4. The van der Waals surface area contributed by atoms with Gasteiger partial charge in [-0.15, -0.1) is 0 Å². The first-order valence-electron chi connectivity index (χ1n) is 5.20. The van der Waals surface area contributed by atoms with Gasteiger partial charge in [-0.3, -0.25) is 0 Å². The van der Waals surface area contributed by atoms with E-state index in [1.165, 1.54) is 0 Å². The molecule has 0 atom stereocenters. The van der Waals surface area contributed by atoms with Gasteiger partial charge in [0.25, 0.3) is 0 Å². The van der Waals surface area contributed by atoms with Gasteiger partial charge in [-0.25, -0.2) is 4.98 Å². The summed E-state index contributed by atoms with van der Waals surface area (Å²) in [6.45, 7) is 0. The molecule has 0 unspecified atom stereocenters. The number of pyridine rings is 1. The highest BCUT2D eigenvalue weighted by molar-refractivity contribution is 6.30. The Morgan fingerprint density at radius 2 is 1.94 bits per heavy atom. The van der Waals surface area contributed by atoms with Crippen molar-refractivity contribution in [3.05, 3.63) is 47.1 Å². The summed E-state index contributed by atoms with van der Waals surface area (Å²) >= 11 is 5.85. The van der Waals surface area contributed by atoms with Gasteiger partial charge in [0.1, 0.15) is 22.8 Å². The van der Waals surface area contributed by atoms with E-state index < -0.39 is 0 Å². The first-order valence-corrected chi connectivity index (χ1v) is 5.58. The molecule has 0 aliphatic carbocycles. The molecular weight excluding hydrogens is 250 g/mol. The monoisotopic (exact) mass is 259 g/mol. The van der Waals surface area contributed by atoms with Gasteiger partial charge in [-0.2, -0.15) is 5.26 Å². The van der Waals surface area contributed by atoms with Crippen LogP contribution >= 0.6 is 11.6 Å². The zero-order valence-electron chi connectivity index (χ0n) is 9.64. The van der Waals surface area contributed by atoms with Crippen LogP contribution in [0.25, 0.3) is 0 Å². The van der Waals surface area contributed by atoms with Crippen molar-refractivity contribution in [1.82, 2.24) is 4.98 Å². The average molecular weight is 260 g/mol. The number of nitrogens with zero attached hydrogens (tertiary/aromatic N) is 2. The smallest absolute Gasteiger partial charge is 0.149 e. The Labute approximate surface area is 110 Å². The van der Waals surface area contributed by atoms with E-state index in [4.69, 9.17) is 21.6 Å². The molecule has 0 aliphatic rings. The van der Waals surface area contributed by atoms with Crippen molar-refractivity contribution in [3.8, 4) is 11.8 Å². The van der Waals surface area contributed by atoms with Gasteiger partial charge < -0.3 is 10.1 Å². The summed E-state index contributed by atoms with van der Waals surface area (Å²) < 4.78 is 5.07. The number of nitrogens with one attached hydrogen (secondary N) is 1. The Morgan fingerprint density at radius 1 is 1.22 bits per heavy atom. The van der Waals surface area contributed by atoms with E-state index in [-0.39, 0.29) is 5.15 Å². The van der Waals surface area contributed by atoms with E-state index in [0.717, 1.165) is 11.4 Å². The van der Waals surface area contributed by atoms with Crippen LogP contribution in [0, 0.1) is 11.3 Å². The highest BCUT2D eigenvalue weighted by Crippen LogP contribution is 2.21. The van der Waals surface area contributed by atoms with Crippen LogP contribution in [0.1, 0.15) is 5.56 Å². The van der Waals surface area contributed by atoms with Gasteiger partial charge in [0, 0.05) is 5.69 Å². The number of rotatable bonds is 3. The third-order valence-corrected chi connectivity index (χ3v) is 2.62. The van der Waals surface area contributed by atoms with E-state index >= 15 is 0 Å². The first kappa shape index (κ1) is 12.2. The molecule has 90 valence electrons. The number of anilines is 2. The molecule has 2 rings (SSSR count). The summed E-state index contributed by atoms with van der Waals surface area (Å²) in [6, 6.07) is 12.7. The van der Waals surface area contributed by atoms with Crippen LogP contribution in [0.3, 0.4) is 0 Å². The molecular formula is C13H10ClN3O. The molecule has 0 saturated carbocycles. The molecule has 1 aromatic heterocycles. The Bertz CT molecular complexity index is 590. The minimum absolute atomic E-state index is 0.191. The molecule has 4 nitrogen and oxygen atoms in total. The Balaban J connectivity index is 2.18. The van der Waals surface area contributed by atoms with Crippen molar-refractivity contribution in [3.63, 3.8) is 0 Å². The van der Waals surface area contributed by atoms with E-state index in [9.17, 15) is 0 Å². The van der Waals surface area contributed by atoms with Crippen molar-refractivity contribution in [2.75, 3.05) is 12.4 Å². The number of aromatic nitrogens is 1. The Morgan fingerprint density at radius 3 is 2.50 bits per heavy atom. The number of nitriles is 1. The molecule has 0 bridgehead atoms. The summed E-state index contributed by atoms with van der Waals surface area (Å²) in [5, 5.41) is 12.0. The standard InChI is InChI=1S/C13H10ClN3O/c1-18-11-5-3-10(4-6-11)16-12-7-2-9(8-15)13(14)17-12/h2-7H,1H3,(H,16,17). The van der Waals surface area contributed by atoms with Crippen molar-refractivity contribution in [2.45, 2.75) is 0 Å². The van der Waals surface area contributed by atoms with Crippen molar-refractivity contribution in [2.24, 2.45) is 0 Å². The molecule has 1 heterocycles. The molecule has 0 fully saturated rings. The highest BCUT2D eigenvalue weighted by Gasteiger charge is 2.03. The van der Waals surface area contributed by atoms with Crippen LogP contribution in [-0.2, 0) is 0 Å². The van der Waals surface area contributed by atoms with E-state index in [1.54, 1.807) is 19.2 Å². The molecule has 2 aromatic rings. The van der Waals surface area contributed by atoms with Crippen LogP contribution in [0.4, 0.5) is 11.5 Å². The number of halogens is 1. The van der Waals surface area contributed by atoms with Crippen LogP contribution in [0.2, 0.25) is 5.15 Å². The predicted molar refractivity (Wildman–Crippen MR) is 70.2 cm³/mol. The fourth-order valence-corrected chi connectivity index (χ4v) is 1.61. The second kappa shape index (κ2) is 5.39. The molecule has 0 amide bonds. The minimum atomic E-state index is 0.191. The van der Waals surface area contributed by atoms with Crippen molar-refractivity contribution < 1.29 is 4.74 Å². The second-order valence-corrected chi connectivity index (χ2v) is 3.86. The lowest BCUT2D eigenvalue weighted by Crippen LogP contribution is -1.94. The van der Waals surface area contributed by atoms with Crippen molar-refractivity contribution >= 4 is 23.1 Å². The maximum absolute atomic E-state index is 8.75. The molecule has 0 radical (unpaired) electrons. The van der Waals surface area contributed by atoms with Gasteiger partial charge in [0.05, 0.1) is 12.7 Å². The molecule has 1 aromatic carbocycles. The lowest BCUT2D eigenvalue weighted by molar-refractivity contribution is 0.415. The van der Waals surface area contributed by atoms with E-state index in [1.807, 2.05) is 30.3 Å². The molecule has 5 heteroatoms. The Kier molecular flexibility index (Phi) is 3.66. The number of methoxy groups -OCH3 is 1. The average Bonchev–Trinajstić information content (AvgIpc) is 2.40. The normalized spacial score (nSPS) is 9.61. The highest BCUT2D eigenvalue weighted by atomic mass is 35.5. The predicted octanol–water partition coefficient (Wildman–Crippen LogP) is 3.36. The molecule has 0 spiro atoms. The quantitative estimate of drug-likeness (QED) is 0.859. The third-order valence-electron chi connectivity index (χ3n) is 2.33. The van der Waals surface area contributed by atoms with Gasteiger partial charge >= 0.3 is 0 Å². The summed E-state index contributed by atoms with van der Waals surface area (Å²) in [4.78, 5) is 4.08. The largest absolute Gasteiger partial charge is 0.497 e. The third kappa shape index (κ3) is 2.70. The Hall–Kier alpha value is -2.25. The minimum Gasteiger partial charge on any atom is -0.497 e. The lowest BCUT2D eigenvalue weighted by atomic mass is 10.3. The summed E-state index contributed by atoms with van der Waals surface area (Å²) in [5.41, 5.74) is 1.22. The van der Waals surface area contributed by atoms with Crippen LogP contribution in [0.15, 0.2) is 36.4 Å². The van der Waals surface area contributed by atoms with Crippen LogP contribution in [-0.4, -0.2) is 12.1 Å². The van der Waals surface area contributed by atoms with E-state index in [2.05, 4.69) is 10.3 Å². The van der Waals surface area contributed by atoms with E-state index in [0.29, 0.717) is 11.4 Å². The molecule has 18 heavy (non-hydrogen) atoms. The first-order chi connectivity index (χ1) is 8.72. The SMILES string of the molecule is COc1ccc(Nc2ccc(C#N)c(Cl)n2)cc1. The van der Waals surface area contributed by atoms with Crippen LogP contribution < -0.4 is 10.1 Å². The van der Waals surface area contributed by atoms with Crippen LogP contribution in [0.5, 0.6) is 5.75 Å². The number of ether oxygens (including phenoxy) is 1. The second-order valence-electron chi connectivity index (χ2n) is 3.50. The van der Waals surface area contributed by atoms with Crippen molar-refractivity contribution in [1.29, 1.82) is 5.26 Å². The fourth-order valence-electron chi connectivity index (χ4n) is 1.41. The lowest BCUT2D eigenvalue weighted by Gasteiger charge is -2.07. The zero-order valence-corrected chi connectivity index (χ0v) is 10.4.